The van der Waals surface area contributed by atoms with Gasteiger partial charge in [0, 0.05) is 24.1 Å². The molecule has 0 aliphatic carbocycles. The number of amides is 1. The maximum atomic E-state index is 12.4. The van der Waals surface area contributed by atoms with E-state index < -0.39 is 0 Å². The molecule has 130 valence electrons. The molecule has 0 aromatic carbocycles. The summed E-state index contributed by atoms with van der Waals surface area (Å²) in [6.07, 6.45) is 0.713. The lowest BCUT2D eigenvalue weighted by Gasteiger charge is -2.18. The van der Waals surface area contributed by atoms with Gasteiger partial charge in [0.05, 0.1) is 30.6 Å². The second-order valence-corrected chi connectivity index (χ2v) is 6.56. The number of ether oxygens (including phenoxy) is 1. The van der Waals surface area contributed by atoms with E-state index in [2.05, 4.69) is 15.6 Å². The van der Waals surface area contributed by atoms with E-state index in [9.17, 15) is 4.79 Å². The third-order valence-corrected chi connectivity index (χ3v) is 4.72. The van der Waals surface area contributed by atoms with Gasteiger partial charge < -0.3 is 14.6 Å². The lowest BCUT2D eigenvalue weighted by molar-refractivity contribution is -0.122. The van der Waals surface area contributed by atoms with Crippen LogP contribution < -0.4 is 5.32 Å². The van der Waals surface area contributed by atoms with Crippen LogP contribution in [0.15, 0.2) is 10.6 Å². The van der Waals surface area contributed by atoms with Crippen molar-refractivity contribution in [3.8, 4) is 0 Å². The van der Waals surface area contributed by atoms with Crippen molar-refractivity contribution in [2.24, 2.45) is 5.92 Å². The Labute approximate surface area is 141 Å². The van der Waals surface area contributed by atoms with Gasteiger partial charge in [-0.3, -0.25) is 9.48 Å². The second-order valence-electron chi connectivity index (χ2n) is 6.56. The predicted octanol–water partition coefficient (Wildman–Crippen LogP) is 1.48. The van der Waals surface area contributed by atoms with Gasteiger partial charge in [-0.1, -0.05) is 5.16 Å². The SMILES string of the molecule is Cc1cc(C[C@@H]2COC[C@@H]2NC(=O)Cn2nc(C)c(C)c2C)on1. The summed E-state index contributed by atoms with van der Waals surface area (Å²) < 4.78 is 12.6. The van der Waals surface area contributed by atoms with Gasteiger partial charge in [-0.2, -0.15) is 5.10 Å². The highest BCUT2D eigenvalue weighted by molar-refractivity contribution is 5.76. The third kappa shape index (κ3) is 3.51. The molecule has 0 radical (unpaired) electrons. The fraction of sp³-hybridized carbons (Fsp3) is 0.588. The van der Waals surface area contributed by atoms with Crippen LogP contribution in [0, 0.1) is 33.6 Å². The van der Waals surface area contributed by atoms with Crippen molar-refractivity contribution in [2.75, 3.05) is 13.2 Å². The third-order valence-electron chi connectivity index (χ3n) is 4.72. The topological polar surface area (TPSA) is 82.2 Å². The number of nitrogens with one attached hydrogen (secondary N) is 1. The van der Waals surface area contributed by atoms with Crippen LogP contribution in [-0.2, 0) is 22.5 Å². The molecule has 7 heteroatoms. The minimum atomic E-state index is -0.0464. The predicted molar refractivity (Wildman–Crippen MR) is 87.6 cm³/mol. The Morgan fingerprint density at radius 3 is 2.75 bits per heavy atom. The number of aryl methyl sites for hydroxylation is 2. The maximum Gasteiger partial charge on any atom is 0.242 e. The summed E-state index contributed by atoms with van der Waals surface area (Å²) in [4.78, 5) is 12.4. The normalized spacial score (nSPS) is 20.5. The first-order valence-corrected chi connectivity index (χ1v) is 8.24. The second kappa shape index (κ2) is 6.76. The van der Waals surface area contributed by atoms with Gasteiger partial charge in [0.15, 0.2) is 0 Å². The van der Waals surface area contributed by atoms with Gasteiger partial charge >= 0.3 is 0 Å². The molecular weight excluding hydrogens is 308 g/mol. The van der Waals surface area contributed by atoms with Gasteiger partial charge in [0.1, 0.15) is 12.3 Å². The Morgan fingerprint density at radius 1 is 1.33 bits per heavy atom. The highest BCUT2D eigenvalue weighted by Crippen LogP contribution is 2.20. The molecule has 2 aromatic heterocycles. The molecule has 1 aliphatic heterocycles. The van der Waals surface area contributed by atoms with Gasteiger partial charge in [-0.05, 0) is 33.3 Å². The molecular formula is C17H24N4O3. The summed E-state index contributed by atoms with van der Waals surface area (Å²) >= 11 is 0. The highest BCUT2D eigenvalue weighted by atomic mass is 16.5. The number of carbonyl (C=O) groups is 1. The number of hydrogen-bond acceptors (Lipinski definition) is 5. The minimum Gasteiger partial charge on any atom is -0.379 e. The molecule has 3 rings (SSSR count). The zero-order chi connectivity index (χ0) is 17.3. The van der Waals surface area contributed by atoms with Crippen molar-refractivity contribution in [3.63, 3.8) is 0 Å². The van der Waals surface area contributed by atoms with Crippen LogP contribution in [0.5, 0.6) is 0 Å². The number of rotatable bonds is 5. The van der Waals surface area contributed by atoms with Crippen molar-refractivity contribution in [1.29, 1.82) is 0 Å². The first kappa shape index (κ1) is 16.7. The number of carbonyl (C=O) groups excluding carboxylic acids is 1. The molecule has 1 aliphatic rings. The number of hydrogen-bond donors (Lipinski definition) is 1. The van der Waals surface area contributed by atoms with Crippen molar-refractivity contribution in [2.45, 2.75) is 46.7 Å². The smallest absolute Gasteiger partial charge is 0.242 e. The van der Waals surface area contributed by atoms with Gasteiger partial charge in [0.2, 0.25) is 5.91 Å². The van der Waals surface area contributed by atoms with Crippen molar-refractivity contribution >= 4 is 5.91 Å². The molecule has 1 amide bonds. The average molecular weight is 332 g/mol. The number of nitrogens with zero attached hydrogens (tertiary/aromatic N) is 3. The van der Waals surface area contributed by atoms with Gasteiger partial charge in [0.25, 0.3) is 0 Å². The summed E-state index contributed by atoms with van der Waals surface area (Å²) in [7, 11) is 0. The Hall–Kier alpha value is -2.15. The zero-order valence-electron chi connectivity index (χ0n) is 14.6. The van der Waals surface area contributed by atoms with Crippen LogP contribution in [0.4, 0.5) is 0 Å². The average Bonchev–Trinajstić information content (AvgIpc) is 3.19. The van der Waals surface area contributed by atoms with Crippen LogP contribution in [0.3, 0.4) is 0 Å². The molecule has 0 saturated carbocycles. The van der Waals surface area contributed by atoms with Crippen molar-refractivity contribution < 1.29 is 14.1 Å². The molecule has 0 unspecified atom stereocenters. The van der Waals surface area contributed by atoms with Gasteiger partial charge in [-0.25, -0.2) is 0 Å². The zero-order valence-corrected chi connectivity index (χ0v) is 14.6. The molecule has 7 nitrogen and oxygen atoms in total. The molecule has 0 bridgehead atoms. The van der Waals surface area contributed by atoms with E-state index in [0.717, 1.165) is 28.4 Å². The van der Waals surface area contributed by atoms with Crippen LogP contribution >= 0.6 is 0 Å². The fourth-order valence-electron chi connectivity index (χ4n) is 3.06. The minimum absolute atomic E-state index is 0.0130. The molecule has 1 N–H and O–H groups in total. The van der Waals surface area contributed by atoms with E-state index in [1.54, 1.807) is 4.68 Å². The molecule has 1 saturated heterocycles. The van der Waals surface area contributed by atoms with Crippen LogP contribution in [-0.4, -0.2) is 40.1 Å². The van der Waals surface area contributed by atoms with Crippen LogP contribution in [0.25, 0.3) is 0 Å². The largest absolute Gasteiger partial charge is 0.379 e. The quantitative estimate of drug-likeness (QED) is 0.897. The Balaban J connectivity index is 1.59. The fourth-order valence-corrected chi connectivity index (χ4v) is 3.06. The summed E-state index contributed by atoms with van der Waals surface area (Å²) in [5.74, 6) is 0.981. The monoisotopic (exact) mass is 332 g/mol. The molecule has 2 atom stereocenters. The molecule has 2 aromatic rings. The summed E-state index contributed by atoms with van der Waals surface area (Å²) in [6, 6.07) is 1.91. The van der Waals surface area contributed by atoms with Crippen molar-refractivity contribution in [1.82, 2.24) is 20.3 Å². The summed E-state index contributed by atoms with van der Waals surface area (Å²) in [5, 5.41) is 11.4. The van der Waals surface area contributed by atoms with Gasteiger partial charge in [-0.15, -0.1) is 0 Å². The molecule has 24 heavy (non-hydrogen) atoms. The van der Waals surface area contributed by atoms with E-state index in [-0.39, 0.29) is 24.4 Å². The van der Waals surface area contributed by atoms with Crippen LogP contribution in [0.1, 0.15) is 28.4 Å². The van der Waals surface area contributed by atoms with E-state index in [1.807, 2.05) is 33.8 Å². The lowest BCUT2D eigenvalue weighted by atomic mass is 9.98. The van der Waals surface area contributed by atoms with E-state index >= 15 is 0 Å². The molecule has 0 spiro atoms. The summed E-state index contributed by atoms with van der Waals surface area (Å²) in [6.45, 7) is 9.22. The molecule has 3 heterocycles. The standard InChI is InChI=1S/C17H24N4O3/c1-10-5-15(24-20-10)6-14-8-23-9-16(14)18-17(22)7-21-13(4)11(2)12(3)19-21/h5,14,16H,6-9H2,1-4H3,(H,18,22)/t14-,16+/m1/s1. The van der Waals surface area contributed by atoms with E-state index in [0.29, 0.717) is 19.6 Å². The Kier molecular flexibility index (Phi) is 4.71. The van der Waals surface area contributed by atoms with Crippen molar-refractivity contribution in [3.05, 3.63) is 34.5 Å². The summed E-state index contributed by atoms with van der Waals surface area (Å²) in [5.41, 5.74) is 3.98. The first-order valence-electron chi connectivity index (χ1n) is 8.24. The molecule has 1 fully saturated rings. The van der Waals surface area contributed by atoms with E-state index in [4.69, 9.17) is 9.26 Å². The number of aromatic nitrogens is 3. The first-order chi connectivity index (χ1) is 11.4. The Bertz CT molecular complexity index is 734. The highest BCUT2D eigenvalue weighted by Gasteiger charge is 2.31. The maximum absolute atomic E-state index is 12.4. The lowest BCUT2D eigenvalue weighted by Crippen LogP contribution is -2.42. The Morgan fingerprint density at radius 2 is 2.12 bits per heavy atom. The van der Waals surface area contributed by atoms with E-state index in [1.165, 1.54) is 0 Å². The van der Waals surface area contributed by atoms with Crippen LogP contribution in [0.2, 0.25) is 0 Å².